The van der Waals surface area contributed by atoms with Gasteiger partial charge in [0.1, 0.15) is 5.82 Å². The molecule has 5 rings (SSSR count). The number of thiazole rings is 1. The number of carbonyl (C=O) groups is 1. The first-order valence-corrected chi connectivity index (χ1v) is 12.3. The van der Waals surface area contributed by atoms with Gasteiger partial charge in [-0.1, -0.05) is 23.1 Å². The Morgan fingerprint density at radius 1 is 1.21 bits per heavy atom. The number of carbonyl (C=O) groups excluding carboxylic acids is 1. The van der Waals surface area contributed by atoms with E-state index in [0.29, 0.717) is 23.0 Å². The molecule has 1 amide bonds. The van der Waals surface area contributed by atoms with Gasteiger partial charge in [-0.2, -0.15) is 0 Å². The monoisotopic (exact) mass is 483 g/mol. The highest BCUT2D eigenvalue weighted by Gasteiger charge is 2.28. The molecule has 10 heteroatoms. The normalized spacial score (nSPS) is 15.2. The molecule has 1 unspecified atom stereocenters. The van der Waals surface area contributed by atoms with Crippen molar-refractivity contribution in [2.75, 3.05) is 5.75 Å². The molecule has 170 valence electrons. The summed E-state index contributed by atoms with van der Waals surface area (Å²) in [4.78, 5) is 36.3. The molecule has 0 saturated carbocycles. The number of amides is 1. The zero-order chi connectivity index (χ0) is 23.3. The Hall–Kier alpha value is -2.98. The molecule has 1 aliphatic rings. The van der Waals surface area contributed by atoms with Crippen LogP contribution in [0.4, 0.5) is 4.39 Å². The van der Waals surface area contributed by atoms with Crippen molar-refractivity contribution in [1.29, 1.82) is 0 Å². The van der Waals surface area contributed by atoms with E-state index in [9.17, 15) is 14.0 Å². The van der Waals surface area contributed by atoms with Gasteiger partial charge in [0, 0.05) is 45.8 Å². The third-order valence-electron chi connectivity index (χ3n) is 5.98. The number of imidazole rings is 1. The highest BCUT2D eigenvalue weighted by atomic mass is 32.2. The average molecular weight is 484 g/mol. The third-order valence-corrected chi connectivity index (χ3v) is 8.24. The van der Waals surface area contributed by atoms with E-state index < -0.39 is 0 Å². The van der Waals surface area contributed by atoms with E-state index in [4.69, 9.17) is 0 Å². The van der Waals surface area contributed by atoms with Crippen molar-refractivity contribution in [3.63, 3.8) is 0 Å². The van der Waals surface area contributed by atoms with Crippen LogP contribution in [-0.2, 0) is 11.3 Å². The summed E-state index contributed by atoms with van der Waals surface area (Å²) in [5.41, 5.74) is 3.94. The van der Waals surface area contributed by atoms with E-state index >= 15 is 0 Å². The molecular formula is C23H22FN5O2S2. The highest BCUT2D eigenvalue weighted by Crippen LogP contribution is 2.32. The predicted molar refractivity (Wildman–Crippen MR) is 127 cm³/mol. The highest BCUT2D eigenvalue weighted by molar-refractivity contribution is 7.99. The van der Waals surface area contributed by atoms with Gasteiger partial charge in [0.2, 0.25) is 5.91 Å². The van der Waals surface area contributed by atoms with Crippen LogP contribution < -0.4 is 10.9 Å². The molecule has 4 heterocycles. The average Bonchev–Trinajstić information content (AvgIpc) is 3.46. The lowest BCUT2D eigenvalue weighted by Gasteiger charge is -2.14. The Kier molecular flexibility index (Phi) is 5.57. The van der Waals surface area contributed by atoms with E-state index in [-0.39, 0.29) is 29.7 Å². The van der Waals surface area contributed by atoms with E-state index in [1.165, 1.54) is 35.2 Å². The number of hydrogen-bond acceptors (Lipinski definition) is 6. The minimum atomic E-state index is -0.278. The summed E-state index contributed by atoms with van der Waals surface area (Å²) in [6, 6.07) is 6.07. The van der Waals surface area contributed by atoms with Crippen LogP contribution >= 0.6 is 23.1 Å². The molecule has 1 aliphatic heterocycles. The number of nitrogens with one attached hydrogen (secondary N) is 1. The van der Waals surface area contributed by atoms with Crippen LogP contribution in [0, 0.1) is 26.6 Å². The van der Waals surface area contributed by atoms with Crippen molar-refractivity contribution in [2.24, 2.45) is 0 Å². The second kappa shape index (κ2) is 8.42. The van der Waals surface area contributed by atoms with Crippen LogP contribution in [0.2, 0.25) is 0 Å². The number of rotatable bonds is 5. The van der Waals surface area contributed by atoms with Crippen molar-refractivity contribution in [1.82, 2.24) is 24.3 Å². The molecule has 3 aromatic heterocycles. The maximum Gasteiger partial charge on any atom is 0.257 e. The Bertz CT molecular complexity index is 1440. The number of hydrogen-bond donors (Lipinski definition) is 1. The molecule has 4 aromatic rings. The molecule has 7 nitrogen and oxygen atoms in total. The SMILES string of the molecule is Cc1nc2n(c(=O)c1C)C(CC(=O)NCc1sc3nc(-c4ccc(F)cc4)cn3c1C)CS2. The lowest BCUT2D eigenvalue weighted by Crippen LogP contribution is -2.31. The summed E-state index contributed by atoms with van der Waals surface area (Å²) in [6.07, 6.45) is 2.16. The molecule has 0 saturated heterocycles. The van der Waals surface area contributed by atoms with Crippen molar-refractivity contribution >= 4 is 34.0 Å². The fraction of sp³-hybridized carbons (Fsp3) is 0.304. The quantitative estimate of drug-likeness (QED) is 0.434. The second-order valence-electron chi connectivity index (χ2n) is 8.12. The zero-order valence-electron chi connectivity index (χ0n) is 18.4. The second-order valence-corrected chi connectivity index (χ2v) is 10.2. The molecule has 33 heavy (non-hydrogen) atoms. The number of benzene rings is 1. The predicted octanol–water partition coefficient (Wildman–Crippen LogP) is 4.04. The number of nitrogens with zero attached hydrogens (tertiary/aromatic N) is 4. The Labute approximate surface area is 197 Å². The van der Waals surface area contributed by atoms with Gasteiger partial charge in [0.05, 0.1) is 18.3 Å². The number of thioether (sulfide) groups is 1. The number of halogens is 1. The molecular weight excluding hydrogens is 461 g/mol. The maximum absolute atomic E-state index is 13.2. The Balaban J connectivity index is 1.27. The summed E-state index contributed by atoms with van der Waals surface area (Å²) in [5, 5.41) is 3.68. The summed E-state index contributed by atoms with van der Waals surface area (Å²) in [7, 11) is 0. The summed E-state index contributed by atoms with van der Waals surface area (Å²) in [5.74, 6) is 0.285. The van der Waals surface area contributed by atoms with Crippen molar-refractivity contribution in [3.8, 4) is 11.3 Å². The van der Waals surface area contributed by atoms with Gasteiger partial charge >= 0.3 is 0 Å². The van der Waals surface area contributed by atoms with Crippen molar-refractivity contribution < 1.29 is 9.18 Å². The lowest BCUT2D eigenvalue weighted by molar-refractivity contribution is -0.121. The summed E-state index contributed by atoms with van der Waals surface area (Å²) < 4.78 is 16.8. The zero-order valence-corrected chi connectivity index (χ0v) is 20.0. The van der Waals surface area contributed by atoms with E-state index in [0.717, 1.165) is 32.5 Å². The van der Waals surface area contributed by atoms with E-state index in [2.05, 4.69) is 15.3 Å². The topological polar surface area (TPSA) is 81.3 Å². The fourth-order valence-electron chi connectivity index (χ4n) is 3.91. The number of aromatic nitrogens is 4. The molecule has 0 bridgehead atoms. The number of aryl methyl sites for hydroxylation is 2. The van der Waals surface area contributed by atoms with Gasteiger partial charge < -0.3 is 5.32 Å². The molecule has 0 spiro atoms. The molecule has 0 radical (unpaired) electrons. The fourth-order valence-corrected chi connectivity index (χ4v) is 6.13. The van der Waals surface area contributed by atoms with Crippen LogP contribution in [0.3, 0.4) is 0 Å². The first-order valence-electron chi connectivity index (χ1n) is 10.5. The van der Waals surface area contributed by atoms with Gasteiger partial charge in [-0.05, 0) is 45.0 Å². The summed E-state index contributed by atoms with van der Waals surface area (Å²) >= 11 is 3.03. The van der Waals surface area contributed by atoms with Gasteiger partial charge in [-0.3, -0.25) is 18.6 Å². The van der Waals surface area contributed by atoms with Crippen LogP contribution in [0.5, 0.6) is 0 Å². The molecule has 1 atom stereocenters. The summed E-state index contributed by atoms with van der Waals surface area (Å²) in [6.45, 7) is 6.00. The van der Waals surface area contributed by atoms with Crippen molar-refractivity contribution in [2.45, 2.75) is 44.9 Å². The molecule has 1 N–H and O–H groups in total. The first-order chi connectivity index (χ1) is 15.8. The molecule has 0 fully saturated rings. The smallest absolute Gasteiger partial charge is 0.257 e. The molecule has 0 aliphatic carbocycles. The lowest BCUT2D eigenvalue weighted by atomic mass is 10.2. The largest absolute Gasteiger partial charge is 0.351 e. The molecule has 1 aromatic carbocycles. The Morgan fingerprint density at radius 2 is 1.97 bits per heavy atom. The van der Waals surface area contributed by atoms with Gasteiger partial charge in [0.15, 0.2) is 10.1 Å². The van der Waals surface area contributed by atoms with Gasteiger partial charge in [-0.15, -0.1) is 0 Å². The van der Waals surface area contributed by atoms with Gasteiger partial charge in [-0.25, -0.2) is 14.4 Å². The minimum Gasteiger partial charge on any atom is -0.351 e. The maximum atomic E-state index is 13.2. The van der Waals surface area contributed by atoms with Crippen molar-refractivity contribution in [3.05, 3.63) is 68.5 Å². The standard InChI is InChI=1S/C23H22FN5O2S2/c1-12-13(2)26-23-29(21(12)31)17(11-32-23)8-20(30)25-9-19-14(3)28-10-18(27-22(28)33-19)15-4-6-16(24)7-5-15/h4-7,10,17H,8-9,11H2,1-3H3,(H,25,30). The van der Waals surface area contributed by atoms with E-state index in [1.54, 1.807) is 23.6 Å². The van der Waals surface area contributed by atoms with Crippen LogP contribution in [-0.4, -0.2) is 30.6 Å². The minimum absolute atomic E-state index is 0.0624. The van der Waals surface area contributed by atoms with Gasteiger partial charge in [0.25, 0.3) is 5.56 Å². The van der Waals surface area contributed by atoms with Crippen LogP contribution in [0.25, 0.3) is 16.2 Å². The first kappa shape index (κ1) is 21.8. The van der Waals surface area contributed by atoms with Crippen LogP contribution in [0.1, 0.15) is 34.3 Å². The Morgan fingerprint density at radius 3 is 2.70 bits per heavy atom. The number of fused-ring (bicyclic) bond motifs is 2. The van der Waals surface area contributed by atoms with Crippen LogP contribution in [0.15, 0.2) is 40.4 Å². The van der Waals surface area contributed by atoms with E-state index in [1.807, 2.05) is 24.4 Å². The third kappa shape index (κ3) is 3.97.